The molecule has 2 aliphatic rings. The first-order valence-corrected chi connectivity index (χ1v) is 13.8. The van der Waals surface area contributed by atoms with Crippen molar-refractivity contribution in [3.63, 3.8) is 0 Å². The second kappa shape index (κ2) is 10.9. The highest BCUT2D eigenvalue weighted by Crippen LogP contribution is 2.46. The molecule has 10 nitrogen and oxygen atoms in total. The Labute approximate surface area is 246 Å². The van der Waals surface area contributed by atoms with Crippen molar-refractivity contribution in [3.05, 3.63) is 111 Å². The number of fused-ring (bicyclic) bond motifs is 3. The Morgan fingerprint density at radius 3 is 2.43 bits per heavy atom. The molecule has 1 aromatic heterocycles. The summed E-state index contributed by atoms with van der Waals surface area (Å²) < 4.78 is 13.3. The van der Waals surface area contributed by atoms with Gasteiger partial charge in [0.2, 0.25) is 5.91 Å². The van der Waals surface area contributed by atoms with Gasteiger partial charge in [-0.1, -0.05) is 23.7 Å². The summed E-state index contributed by atoms with van der Waals surface area (Å²) in [6.45, 7) is -0.214. The molecule has 214 valence electrons. The molecule has 3 aromatic carbocycles. The molecule has 1 saturated carbocycles. The molecule has 0 radical (unpaired) electrons. The quantitative estimate of drug-likeness (QED) is 0.191. The molecule has 0 N–H and O–H groups in total. The van der Waals surface area contributed by atoms with Gasteiger partial charge in [-0.2, -0.15) is 0 Å². The fourth-order valence-electron chi connectivity index (χ4n) is 5.53. The Hall–Kier alpha value is -4.83. The normalized spacial score (nSPS) is 15.4. The number of hydrogen-bond donors (Lipinski definition) is 0. The second-order valence-electron chi connectivity index (χ2n) is 10.2. The van der Waals surface area contributed by atoms with Gasteiger partial charge in [0.25, 0.3) is 11.6 Å². The minimum absolute atomic E-state index is 0.0348. The van der Waals surface area contributed by atoms with Crippen LogP contribution in [0.5, 0.6) is 11.5 Å². The van der Waals surface area contributed by atoms with Crippen LogP contribution >= 0.6 is 11.6 Å². The number of benzene rings is 3. The van der Waals surface area contributed by atoms with Gasteiger partial charge < -0.3 is 18.9 Å². The number of halogens is 1. The molecule has 0 saturated heterocycles. The van der Waals surface area contributed by atoms with Crippen LogP contribution in [0.2, 0.25) is 5.02 Å². The van der Waals surface area contributed by atoms with E-state index in [9.17, 15) is 19.7 Å². The molecule has 1 fully saturated rings. The molecule has 2 heterocycles. The number of aromatic nitrogens is 1. The van der Waals surface area contributed by atoms with E-state index in [0.717, 1.165) is 35.9 Å². The van der Waals surface area contributed by atoms with E-state index in [2.05, 4.69) is 0 Å². The van der Waals surface area contributed by atoms with Gasteiger partial charge in [-0.25, -0.2) is 0 Å². The number of methoxy groups -OCH3 is 2. The van der Waals surface area contributed by atoms with Gasteiger partial charge in [0, 0.05) is 29.9 Å². The van der Waals surface area contributed by atoms with Crippen LogP contribution in [0.15, 0.2) is 79.0 Å². The average Bonchev–Trinajstić information content (AvgIpc) is 3.73. The van der Waals surface area contributed by atoms with Crippen molar-refractivity contribution < 1.29 is 24.0 Å². The van der Waals surface area contributed by atoms with Crippen LogP contribution < -0.4 is 14.4 Å². The molecule has 0 bridgehead atoms. The average molecular weight is 587 g/mol. The van der Waals surface area contributed by atoms with E-state index in [1.54, 1.807) is 31.3 Å². The summed E-state index contributed by atoms with van der Waals surface area (Å²) >= 11 is 6.32. The third-order valence-electron chi connectivity index (χ3n) is 7.67. The predicted molar refractivity (Wildman–Crippen MR) is 157 cm³/mol. The summed E-state index contributed by atoms with van der Waals surface area (Å²) in [6, 6.07) is 20.0. The number of hydrogen-bond acceptors (Lipinski definition) is 6. The van der Waals surface area contributed by atoms with Crippen LogP contribution in [0.4, 0.5) is 11.4 Å². The summed E-state index contributed by atoms with van der Waals surface area (Å²) in [4.78, 5) is 42.1. The molecular weight excluding hydrogens is 560 g/mol. The number of para-hydroxylation sites is 2. The largest absolute Gasteiger partial charge is 0.497 e. The molecule has 1 unspecified atom stereocenters. The zero-order valence-corrected chi connectivity index (χ0v) is 23.7. The number of carbonyl (C=O) groups is 2. The number of anilines is 1. The van der Waals surface area contributed by atoms with Crippen molar-refractivity contribution in [2.75, 3.05) is 25.7 Å². The monoisotopic (exact) mass is 586 g/mol. The molecule has 1 aliphatic heterocycles. The van der Waals surface area contributed by atoms with Crippen molar-refractivity contribution in [2.45, 2.75) is 24.9 Å². The number of nitrogens with zero attached hydrogens (tertiary/aromatic N) is 4. The zero-order chi connectivity index (χ0) is 29.5. The van der Waals surface area contributed by atoms with Crippen molar-refractivity contribution in [1.82, 2.24) is 9.47 Å². The van der Waals surface area contributed by atoms with Crippen molar-refractivity contribution in [2.24, 2.45) is 0 Å². The number of carbonyl (C=O) groups excluding carboxylic acids is 2. The van der Waals surface area contributed by atoms with Gasteiger partial charge in [0.1, 0.15) is 24.1 Å². The number of nitro benzene ring substituents is 1. The second-order valence-corrected chi connectivity index (χ2v) is 10.6. The summed E-state index contributed by atoms with van der Waals surface area (Å²) in [6.07, 6.45) is 3.44. The van der Waals surface area contributed by atoms with Gasteiger partial charge in [0.15, 0.2) is 0 Å². The van der Waals surface area contributed by atoms with E-state index < -0.39 is 16.9 Å². The maximum Gasteiger partial charge on any atom is 0.270 e. The molecule has 4 aromatic rings. The Balaban J connectivity index is 1.43. The number of ether oxygens (including phenoxy) is 2. The van der Waals surface area contributed by atoms with E-state index >= 15 is 0 Å². The molecule has 11 heteroatoms. The van der Waals surface area contributed by atoms with E-state index in [4.69, 9.17) is 21.1 Å². The Morgan fingerprint density at radius 2 is 1.76 bits per heavy atom. The number of rotatable bonds is 8. The van der Waals surface area contributed by atoms with Crippen LogP contribution in [0.25, 0.3) is 5.69 Å². The number of amides is 2. The highest BCUT2D eigenvalue weighted by atomic mass is 35.5. The molecule has 0 spiro atoms. The Kier molecular flexibility index (Phi) is 7.07. The van der Waals surface area contributed by atoms with Crippen LogP contribution in [0, 0.1) is 10.1 Å². The van der Waals surface area contributed by atoms with Crippen molar-refractivity contribution in [1.29, 1.82) is 0 Å². The fourth-order valence-corrected chi connectivity index (χ4v) is 5.79. The minimum Gasteiger partial charge on any atom is -0.497 e. The Bertz CT molecular complexity index is 1720. The van der Waals surface area contributed by atoms with Crippen LogP contribution in [-0.2, 0) is 4.79 Å². The molecule has 1 atom stereocenters. The standard InChI is InChI=1S/C31H27ClN4O6/c1-41-21-12-14-28(42-2)23(17-21)30-27-8-5-15-33(27)25-6-3-4-7-26(25)35(30)29(37)18-34(19-9-10-19)31(38)22-13-11-20(36(39)40)16-24(22)32/h3-8,11-17,19,30H,9-10,18H2,1-2H3. The minimum atomic E-state index is -0.591. The van der Waals surface area contributed by atoms with E-state index in [-0.39, 0.29) is 34.8 Å². The third-order valence-corrected chi connectivity index (χ3v) is 7.98. The van der Waals surface area contributed by atoms with Crippen molar-refractivity contribution in [3.8, 4) is 17.2 Å². The fraction of sp³-hybridized carbons (Fsp3) is 0.226. The summed E-state index contributed by atoms with van der Waals surface area (Å²) in [5.74, 6) is 0.439. The van der Waals surface area contributed by atoms with Crippen molar-refractivity contribution >= 4 is 34.8 Å². The predicted octanol–water partition coefficient (Wildman–Crippen LogP) is 5.80. The SMILES string of the molecule is COc1ccc(OC)c(C2c3cccn3-c3ccccc3N2C(=O)CN(C(=O)c2ccc([N+](=O)[O-])cc2Cl)C2CC2)c1. The molecule has 1 aliphatic carbocycles. The maximum atomic E-state index is 14.5. The first-order chi connectivity index (χ1) is 20.3. The van der Waals surface area contributed by atoms with Crippen LogP contribution in [0.1, 0.15) is 40.5 Å². The summed E-state index contributed by atoms with van der Waals surface area (Å²) in [5, 5.41) is 11.2. The van der Waals surface area contributed by atoms with Crippen LogP contribution in [0.3, 0.4) is 0 Å². The molecule has 2 amide bonds. The zero-order valence-electron chi connectivity index (χ0n) is 22.9. The van der Waals surface area contributed by atoms with E-state index in [1.165, 1.54) is 17.0 Å². The van der Waals surface area contributed by atoms with Gasteiger partial charge in [0.05, 0.1) is 46.8 Å². The van der Waals surface area contributed by atoms with Crippen LogP contribution in [-0.4, -0.2) is 53.0 Å². The lowest BCUT2D eigenvalue weighted by Crippen LogP contribution is -2.47. The van der Waals surface area contributed by atoms with Gasteiger partial charge >= 0.3 is 0 Å². The lowest BCUT2D eigenvalue weighted by Gasteiger charge is -2.40. The molecule has 6 rings (SSSR count). The lowest BCUT2D eigenvalue weighted by molar-refractivity contribution is -0.384. The number of non-ortho nitro benzene ring substituents is 1. The smallest absolute Gasteiger partial charge is 0.270 e. The van der Waals surface area contributed by atoms with Gasteiger partial charge in [-0.15, -0.1) is 0 Å². The van der Waals surface area contributed by atoms with E-state index in [1.807, 2.05) is 53.2 Å². The summed E-state index contributed by atoms with van der Waals surface area (Å²) in [7, 11) is 3.16. The number of nitro groups is 1. The first kappa shape index (κ1) is 27.3. The third kappa shape index (κ3) is 4.73. The summed E-state index contributed by atoms with van der Waals surface area (Å²) in [5.41, 5.74) is 2.97. The Morgan fingerprint density at radius 1 is 1.00 bits per heavy atom. The van der Waals surface area contributed by atoms with Gasteiger partial charge in [-0.05, 0) is 61.4 Å². The maximum absolute atomic E-state index is 14.5. The highest BCUT2D eigenvalue weighted by Gasteiger charge is 2.41. The topological polar surface area (TPSA) is 107 Å². The van der Waals surface area contributed by atoms with E-state index in [0.29, 0.717) is 17.2 Å². The lowest BCUT2D eigenvalue weighted by atomic mass is 9.96. The highest BCUT2D eigenvalue weighted by molar-refractivity contribution is 6.34. The molecule has 42 heavy (non-hydrogen) atoms. The molecular formula is C31H27ClN4O6. The first-order valence-electron chi connectivity index (χ1n) is 13.4. The van der Waals surface area contributed by atoms with Gasteiger partial charge in [-0.3, -0.25) is 24.6 Å².